The number of amides is 1. The van der Waals surface area contributed by atoms with E-state index in [9.17, 15) is 13.2 Å². The molecule has 35 heavy (non-hydrogen) atoms. The van der Waals surface area contributed by atoms with E-state index in [0.29, 0.717) is 33.1 Å². The number of rotatable bonds is 10. The molecule has 1 aromatic carbocycles. The molecule has 2 aromatic rings. The number of nitrogens with one attached hydrogen (secondary N) is 1. The molecule has 3 rings (SSSR count). The summed E-state index contributed by atoms with van der Waals surface area (Å²) in [5.74, 6) is -0.0691. The Bertz CT molecular complexity index is 1190. The molecule has 1 N–H and O–H groups in total. The van der Waals surface area contributed by atoms with Gasteiger partial charge in [0.15, 0.2) is 4.21 Å². The van der Waals surface area contributed by atoms with Gasteiger partial charge in [0.25, 0.3) is 15.9 Å². The molecule has 1 unspecified atom stereocenters. The number of ether oxygens (including phenoxy) is 1. The van der Waals surface area contributed by atoms with E-state index >= 15 is 0 Å². The van der Waals surface area contributed by atoms with Crippen LogP contribution in [0.15, 0.2) is 76.0 Å². The van der Waals surface area contributed by atoms with E-state index in [1.165, 1.54) is 6.07 Å². The van der Waals surface area contributed by atoms with Crippen LogP contribution in [-0.2, 0) is 14.8 Å². The average Bonchev–Trinajstić information content (AvgIpc) is 3.20. The Hall–Kier alpha value is -1.95. The minimum absolute atomic E-state index is 0.0691. The van der Waals surface area contributed by atoms with Crippen molar-refractivity contribution >= 4 is 60.5 Å². The van der Waals surface area contributed by atoms with Crippen LogP contribution in [0.3, 0.4) is 0 Å². The number of hydrogen-bond donors (Lipinski definition) is 1. The van der Waals surface area contributed by atoms with Crippen LogP contribution in [0.4, 0.5) is 5.69 Å². The standard InChI is InChI=1S/C24H27BrClN3O4S2/c1-3-20(33-2)7-5-4-6-12-28-13-15-29(16-14-28)23(30)18-8-10-19(11-9-18)27-35(31,32)24-21(25)17-22(26)34-24/h3-11,17,20,27H,1,12-16H2,2H3/b6-4-,7-5-. The van der Waals surface area contributed by atoms with Crippen molar-refractivity contribution in [2.24, 2.45) is 0 Å². The van der Waals surface area contributed by atoms with Crippen molar-refractivity contribution < 1.29 is 17.9 Å². The lowest BCUT2D eigenvalue weighted by Gasteiger charge is -2.34. The maximum absolute atomic E-state index is 12.9. The van der Waals surface area contributed by atoms with Gasteiger partial charge >= 0.3 is 0 Å². The lowest BCUT2D eigenvalue weighted by molar-refractivity contribution is 0.0650. The molecule has 1 aromatic heterocycles. The first-order chi connectivity index (χ1) is 16.7. The molecule has 0 radical (unpaired) electrons. The van der Waals surface area contributed by atoms with E-state index in [0.717, 1.165) is 31.0 Å². The first-order valence-electron chi connectivity index (χ1n) is 10.8. The zero-order valence-corrected chi connectivity index (χ0v) is 23.2. The van der Waals surface area contributed by atoms with Gasteiger partial charge in [-0.15, -0.1) is 17.9 Å². The van der Waals surface area contributed by atoms with Gasteiger partial charge in [0.1, 0.15) is 0 Å². The number of methoxy groups -OCH3 is 1. The van der Waals surface area contributed by atoms with Crippen LogP contribution in [0.25, 0.3) is 0 Å². The third kappa shape index (κ3) is 7.77. The van der Waals surface area contributed by atoms with Gasteiger partial charge in [0.05, 0.1) is 14.9 Å². The number of halogens is 2. The Morgan fingerprint density at radius 2 is 1.94 bits per heavy atom. The molecule has 1 fully saturated rings. The maximum atomic E-state index is 12.9. The van der Waals surface area contributed by atoms with Crippen molar-refractivity contribution in [2.75, 3.05) is 44.6 Å². The topological polar surface area (TPSA) is 79.0 Å². The summed E-state index contributed by atoms with van der Waals surface area (Å²) in [6.45, 7) is 7.34. The van der Waals surface area contributed by atoms with E-state index in [1.807, 2.05) is 23.1 Å². The predicted molar refractivity (Wildman–Crippen MR) is 146 cm³/mol. The van der Waals surface area contributed by atoms with E-state index in [4.69, 9.17) is 16.3 Å². The number of carbonyl (C=O) groups is 1. The van der Waals surface area contributed by atoms with Crippen molar-refractivity contribution in [1.82, 2.24) is 9.80 Å². The highest BCUT2D eigenvalue weighted by molar-refractivity contribution is 9.10. The summed E-state index contributed by atoms with van der Waals surface area (Å²) in [5, 5.41) is 0. The predicted octanol–water partition coefficient (Wildman–Crippen LogP) is 5.04. The number of carbonyl (C=O) groups excluding carboxylic acids is 1. The quantitative estimate of drug-likeness (QED) is 0.306. The number of nitrogens with zero attached hydrogens (tertiary/aromatic N) is 2. The fourth-order valence-electron chi connectivity index (χ4n) is 3.42. The Kier molecular flexibility index (Phi) is 10.1. The molecule has 0 saturated carbocycles. The molecule has 1 atom stereocenters. The minimum atomic E-state index is -3.79. The van der Waals surface area contributed by atoms with E-state index in [1.54, 1.807) is 37.5 Å². The number of benzene rings is 1. The molecular formula is C24H27BrClN3O4S2. The Morgan fingerprint density at radius 1 is 1.26 bits per heavy atom. The second-order valence-corrected chi connectivity index (χ2v) is 12.1. The molecule has 0 bridgehead atoms. The summed E-state index contributed by atoms with van der Waals surface area (Å²) in [7, 11) is -2.15. The molecule has 1 aliphatic rings. The molecule has 2 heterocycles. The molecule has 0 aliphatic carbocycles. The van der Waals surface area contributed by atoms with Crippen molar-refractivity contribution in [2.45, 2.75) is 10.3 Å². The van der Waals surface area contributed by atoms with Gasteiger partial charge in [-0.05, 0) is 46.3 Å². The van der Waals surface area contributed by atoms with E-state index in [2.05, 4.69) is 38.2 Å². The molecular weight excluding hydrogens is 574 g/mol. The fourth-order valence-corrected chi connectivity index (χ4v) is 7.49. The zero-order chi connectivity index (χ0) is 25.4. The van der Waals surface area contributed by atoms with Crippen LogP contribution in [0.5, 0.6) is 0 Å². The van der Waals surface area contributed by atoms with Crippen LogP contribution < -0.4 is 4.72 Å². The van der Waals surface area contributed by atoms with Crippen LogP contribution in [0, 0.1) is 0 Å². The third-order valence-corrected chi connectivity index (χ3v) is 9.66. The Balaban J connectivity index is 1.50. The highest BCUT2D eigenvalue weighted by atomic mass is 79.9. The molecule has 1 saturated heterocycles. The van der Waals surface area contributed by atoms with Crippen molar-refractivity contribution in [1.29, 1.82) is 0 Å². The Labute approximate surface area is 223 Å². The molecule has 11 heteroatoms. The molecule has 188 valence electrons. The van der Waals surface area contributed by atoms with Crippen LogP contribution >= 0.6 is 38.9 Å². The summed E-state index contributed by atoms with van der Waals surface area (Å²) in [6, 6.07) is 7.98. The number of piperazine rings is 1. The number of allylic oxidation sites excluding steroid dienone is 2. The summed E-state index contributed by atoms with van der Waals surface area (Å²) >= 11 is 10.1. The van der Waals surface area contributed by atoms with Gasteiger partial charge in [0, 0.05) is 51.1 Å². The second-order valence-electron chi connectivity index (χ2n) is 7.71. The normalized spacial score (nSPS) is 16.1. The van der Waals surface area contributed by atoms with Gasteiger partial charge in [-0.3, -0.25) is 14.4 Å². The third-order valence-electron chi connectivity index (χ3n) is 5.33. The van der Waals surface area contributed by atoms with Crippen LogP contribution in [-0.4, -0.2) is 70.1 Å². The van der Waals surface area contributed by atoms with Gasteiger partial charge in [-0.1, -0.05) is 42.0 Å². The minimum Gasteiger partial charge on any atom is -0.373 e. The van der Waals surface area contributed by atoms with Gasteiger partial charge in [-0.25, -0.2) is 8.42 Å². The van der Waals surface area contributed by atoms with E-state index in [-0.39, 0.29) is 16.2 Å². The number of hydrogen-bond acceptors (Lipinski definition) is 6. The summed E-state index contributed by atoms with van der Waals surface area (Å²) < 4.78 is 33.8. The van der Waals surface area contributed by atoms with Crippen LogP contribution in [0.2, 0.25) is 4.34 Å². The van der Waals surface area contributed by atoms with Crippen LogP contribution in [0.1, 0.15) is 10.4 Å². The number of sulfonamides is 1. The van der Waals surface area contributed by atoms with Gasteiger partial charge < -0.3 is 9.64 Å². The summed E-state index contributed by atoms with van der Waals surface area (Å²) in [6.07, 6.45) is 9.56. The van der Waals surface area contributed by atoms with Crippen molar-refractivity contribution in [3.8, 4) is 0 Å². The SMILES string of the molecule is C=CC(/C=C\C=C/CN1CCN(C(=O)c2ccc(NS(=O)(=O)c3sc(Cl)cc3Br)cc2)CC1)OC. The lowest BCUT2D eigenvalue weighted by atomic mass is 10.1. The summed E-state index contributed by atoms with van der Waals surface area (Å²) in [4.78, 5) is 17.0. The molecule has 0 spiro atoms. The zero-order valence-electron chi connectivity index (χ0n) is 19.2. The van der Waals surface area contributed by atoms with Gasteiger partial charge in [-0.2, -0.15) is 0 Å². The van der Waals surface area contributed by atoms with Crippen molar-refractivity contribution in [3.63, 3.8) is 0 Å². The largest absolute Gasteiger partial charge is 0.373 e. The summed E-state index contributed by atoms with van der Waals surface area (Å²) in [5.41, 5.74) is 0.884. The monoisotopic (exact) mass is 599 g/mol. The smallest absolute Gasteiger partial charge is 0.272 e. The lowest BCUT2D eigenvalue weighted by Crippen LogP contribution is -2.48. The number of anilines is 1. The number of thiophene rings is 1. The molecule has 1 aliphatic heterocycles. The Morgan fingerprint density at radius 3 is 2.51 bits per heavy atom. The van der Waals surface area contributed by atoms with Gasteiger partial charge in [0.2, 0.25) is 0 Å². The first-order valence-corrected chi connectivity index (χ1v) is 14.3. The average molecular weight is 601 g/mol. The highest BCUT2D eigenvalue weighted by Crippen LogP contribution is 2.35. The molecule has 7 nitrogen and oxygen atoms in total. The van der Waals surface area contributed by atoms with E-state index < -0.39 is 10.0 Å². The molecule has 1 amide bonds. The fraction of sp³-hybridized carbons (Fsp3) is 0.292. The second kappa shape index (κ2) is 12.8. The highest BCUT2D eigenvalue weighted by Gasteiger charge is 2.23. The maximum Gasteiger partial charge on any atom is 0.272 e. The first kappa shape index (κ1) is 27.6. The van der Waals surface area contributed by atoms with Crippen molar-refractivity contribution in [3.05, 3.63) is 81.7 Å².